The minimum Gasteiger partial charge on any atom is -0.462 e. The number of nitrogens with zero attached hydrogens (tertiary/aromatic N) is 1. The summed E-state index contributed by atoms with van der Waals surface area (Å²) in [5.74, 6) is -1.13. The SMILES string of the molecule is CCOC(=O)c1c(C#N)ccc(F)c1CC. The number of carbonyl (C=O) groups is 1. The van der Waals surface area contributed by atoms with E-state index < -0.39 is 11.8 Å². The molecule has 1 rings (SSSR count). The molecule has 0 aliphatic heterocycles. The van der Waals surface area contributed by atoms with E-state index in [9.17, 15) is 9.18 Å². The van der Waals surface area contributed by atoms with Crippen molar-refractivity contribution >= 4 is 5.97 Å². The molecule has 0 aliphatic carbocycles. The Morgan fingerprint density at radius 1 is 1.50 bits per heavy atom. The van der Waals surface area contributed by atoms with Crippen LogP contribution in [-0.4, -0.2) is 12.6 Å². The lowest BCUT2D eigenvalue weighted by molar-refractivity contribution is 0.0524. The Hall–Kier alpha value is -1.89. The Morgan fingerprint density at radius 2 is 2.19 bits per heavy atom. The van der Waals surface area contributed by atoms with Crippen LogP contribution in [0.5, 0.6) is 0 Å². The van der Waals surface area contributed by atoms with Gasteiger partial charge in [0.25, 0.3) is 0 Å². The van der Waals surface area contributed by atoms with Gasteiger partial charge in [-0.05, 0) is 25.5 Å². The fourth-order valence-electron chi connectivity index (χ4n) is 1.50. The molecule has 0 bridgehead atoms. The second-order valence-electron chi connectivity index (χ2n) is 3.13. The smallest absolute Gasteiger partial charge is 0.339 e. The first kappa shape index (κ1) is 12.2. The van der Waals surface area contributed by atoms with Gasteiger partial charge in [-0.2, -0.15) is 5.26 Å². The number of hydrogen-bond donors (Lipinski definition) is 0. The molecule has 0 aliphatic rings. The van der Waals surface area contributed by atoms with Crippen molar-refractivity contribution in [3.05, 3.63) is 34.6 Å². The number of rotatable bonds is 3. The van der Waals surface area contributed by atoms with Crippen LogP contribution in [-0.2, 0) is 11.2 Å². The van der Waals surface area contributed by atoms with E-state index in [1.165, 1.54) is 12.1 Å². The van der Waals surface area contributed by atoms with Gasteiger partial charge in [0.2, 0.25) is 0 Å². The summed E-state index contributed by atoms with van der Waals surface area (Å²) in [6.45, 7) is 3.58. The predicted molar refractivity (Wildman–Crippen MR) is 56.4 cm³/mol. The molecular weight excluding hydrogens is 209 g/mol. The van der Waals surface area contributed by atoms with Gasteiger partial charge in [-0.1, -0.05) is 6.92 Å². The molecule has 0 amide bonds. The van der Waals surface area contributed by atoms with Crippen molar-refractivity contribution < 1.29 is 13.9 Å². The number of esters is 1. The topological polar surface area (TPSA) is 50.1 Å². The minimum atomic E-state index is -0.643. The maximum absolute atomic E-state index is 13.5. The highest BCUT2D eigenvalue weighted by atomic mass is 19.1. The third-order valence-electron chi connectivity index (χ3n) is 2.21. The quantitative estimate of drug-likeness (QED) is 0.736. The molecule has 3 nitrogen and oxygen atoms in total. The van der Waals surface area contributed by atoms with E-state index in [0.29, 0.717) is 6.42 Å². The lowest BCUT2D eigenvalue weighted by Crippen LogP contribution is -2.11. The Bertz CT molecular complexity index is 449. The summed E-state index contributed by atoms with van der Waals surface area (Å²) in [5.41, 5.74) is 0.432. The van der Waals surface area contributed by atoms with Gasteiger partial charge in [-0.3, -0.25) is 0 Å². The monoisotopic (exact) mass is 221 g/mol. The first-order valence-corrected chi connectivity index (χ1v) is 5.04. The Balaban J connectivity index is 3.37. The van der Waals surface area contributed by atoms with E-state index in [1.54, 1.807) is 13.8 Å². The van der Waals surface area contributed by atoms with Crippen LogP contribution in [0, 0.1) is 17.1 Å². The normalized spacial score (nSPS) is 9.62. The molecule has 1 aromatic rings. The van der Waals surface area contributed by atoms with Crippen LogP contribution in [0.15, 0.2) is 12.1 Å². The summed E-state index contributed by atoms with van der Waals surface area (Å²) in [4.78, 5) is 11.6. The summed E-state index contributed by atoms with van der Waals surface area (Å²) >= 11 is 0. The molecule has 0 aromatic heterocycles. The molecule has 0 spiro atoms. The molecule has 16 heavy (non-hydrogen) atoms. The molecule has 0 unspecified atom stereocenters. The van der Waals surface area contributed by atoms with Crippen LogP contribution in [0.25, 0.3) is 0 Å². The van der Waals surface area contributed by atoms with Crippen LogP contribution in [0.3, 0.4) is 0 Å². The van der Waals surface area contributed by atoms with Gasteiger partial charge in [0.05, 0.1) is 17.7 Å². The van der Waals surface area contributed by atoms with Crippen LogP contribution in [0.2, 0.25) is 0 Å². The van der Waals surface area contributed by atoms with Crippen LogP contribution in [0.4, 0.5) is 4.39 Å². The van der Waals surface area contributed by atoms with Crippen molar-refractivity contribution in [3.8, 4) is 6.07 Å². The third kappa shape index (κ3) is 2.19. The average molecular weight is 221 g/mol. The predicted octanol–water partition coefficient (Wildman–Crippen LogP) is 2.44. The molecule has 1 aromatic carbocycles. The molecular formula is C12H12FNO2. The van der Waals surface area contributed by atoms with Gasteiger partial charge in [-0.25, -0.2) is 9.18 Å². The molecule has 0 radical (unpaired) electrons. The fraction of sp³-hybridized carbons (Fsp3) is 0.333. The van der Waals surface area contributed by atoms with Gasteiger partial charge < -0.3 is 4.74 Å². The maximum Gasteiger partial charge on any atom is 0.339 e. The zero-order chi connectivity index (χ0) is 12.1. The molecule has 0 atom stereocenters. The van der Waals surface area contributed by atoms with E-state index in [1.807, 2.05) is 6.07 Å². The minimum absolute atomic E-state index is 0.0480. The number of nitriles is 1. The van der Waals surface area contributed by atoms with E-state index in [0.717, 1.165) is 0 Å². The highest BCUT2D eigenvalue weighted by Gasteiger charge is 2.19. The summed E-state index contributed by atoms with van der Waals surface area (Å²) in [7, 11) is 0. The third-order valence-corrected chi connectivity index (χ3v) is 2.21. The summed E-state index contributed by atoms with van der Waals surface area (Å²) in [6.07, 6.45) is 0.343. The van der Waals surface area contributed by atoms with Gasteiger partial charge in [-0.15, -0.1) is 0 Å². The van der Waals surface area contributed by atoms with E-state index in [-0.39, 0.29) is 23.3 Å². The van der Waals surface area contributed by atoms with Gasteiger partial charge in [0.1, 0.15) is 11.9 Å². The molecule has 0 fully saturated rings. The zero-order valence-corrected chi connectivity index (χ0v) is 9.21. The second kappa shape index (κ2) is 5.26. The molecule has 0 saturated heterocycles. The van der Waals surface area contributed by atoms with Crippen LogP contribution in [0.1, 0.15) is 35.3 Å². The molecule has 0 saturated carbocycles. The molecule has 84 valence electrons. The Kier molecular flexibility index (Phi) is 4.01. The van der Waals surface area contributed by atoms with Gasteiger partial charge in [0.15, 0.2) is 0 Å². The summed E-state index contributed by atoms with van der Waals surface area (Å²) in [6, 6.07) is 4.36. The first-order chi connectivity index (χ1) is 7.65. The number of ether oxygens (including phenoxy) is 1. The first-order valence-electron chi connectivity index (χ1n) is 5.04. The average Bonchev–Trinajstić information content (AvgIpc) is 2.28. The lowest BCUT2D eigenvalue weighted by atomic mass is 9.99. The van der Waals surface area contributed by atoms with E-state index in [4.69, 9.17) is 10.00 Å². The molecule has 0 N–H and O–H groups in total. The van der Waals surface area contributed by atoms with Crippen LogP contribution >= 0.6 is 0 Å². The zero-order valence-electron chi connectivity index (χ0n) is 9.21. The van der Waals surface area contributed by atoms with Crippen molar-refractivity contribution in [3.63, 3.8) is 0 Å². The number of carbonyl (C=O) groups excluding carboxylic acids is 1. The van der Waals surface area contributed by atoms with Crippen LogP contribution < -0.4 is 0 Å². The standard InChI is InChI=1S/C12H12FNO2/c1-3-9-10(13)6-5-8(7-14)11(9)12(15)16-4-2/h5-6H,3-4H2,1-2H3. The highest BCUT2D eigenvalue weighted by molar-refractivity contribution is 5.94. The maximum atomic E-state index is 13.5. The number of halogens is 1. The van der Waals surface area contributed by atoms with Gasteiger partial charge in [0, 0.05) is 5.56 Å². The van der Waals surface area contributed by atoms with Crippen molar-refractivity contribution in [2.45, 2.75) is 20.3 Å². The van der Waals surface area contributed by atoms with Crippen molar-refractivity contribution in [2.75, 3.05) is 6.61 Å². The fourth-order valence-corrected chi connectivity index (χ4v) is 1.50. The van der Waals surface area contributed by atoms with Crippen molar-refractivity contribution in [1.82, 2.24) is 0 Å². The second-order valence-corrected chi connectivity index (χ2v) is 3.13. The highest BCUT2D eigenvalue weighted by Crippen LogP contribution is 2.19. The molecule has 0 heterocycles. The summed E-state index contributed by atoms with van der Waals surface area (Å²) in [5, 5.41) is 8.87. The summed E-state index contributed by atoms with van der Waals surface area (Å²) < 4.78 is 18.3. The Morgan fingerprint density at radius 3 is 2.69 bits per heavy atom. The number of hydrogen-bond acceptors (Lipinski definition) is 3. The Labute approximate surface area is 93.5 Å². The van der Waals surface area contributed by atoms with E-state index in [2.05, 4.69) is 0 Å². The lowest BCUT2D eigenvalue weighted by Gasteiger charge is -2.09. The number of benzene rings is 1. The van der Waals surface area contributed by atoms with Crippen molar-refractivity contribution in [1.29, 1.82) is 5.26 Å². The van der Waals surface area contributed by atoms with E-state index >= 15 is 0 Å². The van der Waals surface area contributed by atoms with Crippen molar-refractivity contribution in [2.24, 2.45) is 0 Å². The van der Waals surface area contributed by atoms with Gasteiger partial charge >= 0.3 is 5.97 Å². The molecule has 4 heteroatoms. The largest absolute Gasteiger partial charge is 0.462 e.